The Morgan fingerprint density at radius 3 is 1.25 bits per heavy atom. The van der Waals surface area contributed by atoms with Crippen molar-refractivity contribution in [3.8, 4) is 45.0 Å². The van der Waals surface area contributed by atoms with Crippen molar-refractivity contribution in [3.05, 3.63) is 192 Å². The number of hydrogen-bond acceptors (Lipinski definition) is 6. The molecule has 0 amide bonds. The second kappa shape index (κ2) is 17.4. The van der Waals surface area contributed by atoms with Crippen molar-refractivity contribution in [2.45, 2.75) is 24.9 Å². The first-order valence-electron chi connectivity index (χ1n) is 20.4. The molecule has 9 rings (SSSR count). The molecule has 0 aliphatic heterocycles. The molecule has 2 heterocycles. The molecule has 0 radical (unpaired) electrons. The molecule has 0 atom stereocenters. The summed E-state index contributed by atoms with van der Waals surface area (Å²) in [6.45, 7) is 3.54. The van der Waals surface area contributed by atoms with Crippen molar-refractivity contribution >= 4 is 45.9 Å². The minimum absolute atomic E-state index is 0.0231. The zero-order valence-electron chi connectivity index (χ0n) is 34.6. The summed E-state index contributed by atoms with van der Waals surface area (Å²) in [5, 5.41) is 0. The predicted molar refractivity (Wildman–Crippen MR) is 241 cm³/mol. The van der Waals surface area contributed by atoms with E-state index in [-0.39, 0.29) is 62.6 Å². The first-order valence-corrected chi connectivity index (χ1v) is 20.4. The summed E-state index contributed by atoms with van der Waals surface area (Å²) in [6.07, 6.45) is -14.1. The number of halogens is 9. The molecule has 7 aromatic carbocycles. The van der Waals surface area contributed by atoms with E-state index >= 15 is 0 Å². The van der Waals surface area contributed by atoms with Gasteiger partial charge in [0.1, 0.15) is 0 Å². The highest BCUT2D eigenvalue weighted by molar-refractivity contribution is 6.04. The zero-order chi connectivity index (χ0) is 47.1. The van der Waals surface area contributed by atoms with Gasteiger partial charge in [0.05, 0.1) is 78.6 Å². The lowest BCUT2D eigenvalue weighted by Gasteiger charge is -2.17. The van der Waals surface area contributed by atoms with Crippen LogP contribution in [0, 0.1) is 0 Å². The molecule has 0 unspecified atom stereocenters. The summed E-state index contributed by atoms with van der Waals surface area (Å²) >= 11 is 0. The van der Waals surface area contributed by atoms with Gasteiger partial charge in [-0.1, -0.05) is 91.0 Å². The van der Waals surface area contributed by atoms with Gasteiger partial charge in [0, 0.05) is 28.7 Å². The quantitative estimate of drug-likeness (QED) is 0.107. The maximum absolute atomic E-state index is 14.1. The fourth-order valence-electron chi connectivity index (χ4n) is 7.62. The minimum Gasteiger partial charge on any atom is -0.262 e. The maximum atomic E-state index is 14.1. The Labute approximate surface area is 375 Å². The standard InChI is InChI=1S/C52H31F9N6/c1-62-39-20-17-36(50(53,54)55)27-43(39)63-42(31-11-5-2-6-12-31)25-30-23-34(48-46(32-13-7-3-8-14-32)66-44-28-37(51(56,57)58)18-21-40(44)64-48)26-35(24-30)49-47(33-15-9-4-10-16-33)67-45-29-38(52(59,60)61)19-22-41(45)65-49/h2-24,26-29H,1,25H2. The Kier molecular flexibility index (Phi) is 11.5. The Bertz CT molecular complexity index is 3190. The monoisotopic (exact) mass is 910 g/mol. The smallest absolute Gasteiger partial charge is 0.262 e. The lowest BCUT2D eigenvalue weighted by Crippen LogP contribution is -2.08. The van der Waals surface area contributed by atoms with Crippen LogP contribution in [0.3, 0.4) is 0 Å². The largest absolute Gasteiger partial charge is 0.416 e. The fourth-order valence-corrected chi connectivity index (χ4v) is 7.62. The van der Waals surface area contributed by atoms with Crippen LogP contribution >= 0.6 is 0 Å². The fraction of sp³-hybridized carbons (Fsp3) is 0.0769. The molecule has 2 aromatic heterocycles. The van der Waals surface area contributed by atoms with E-state index in [0.717, 1.165) is 36.4 Å². The summed E-state index contributed by atoms with van der Waals surface area (Å²) in [7, 11) is 0. The van der Waals surface area contributed by atoms with Crippen LogP contribution in [0.2, 0.25) is 0 Å². The molecule has 0 spiro atoms. The Morgan fingerprint density at radius 1 is 0.403 bits per heavy atom. The Hall–Kier alpha value is -8.07. The Balaban J connectivity index is 1.33. The van der Waals surface area contributed by atoms with Gasteiger partial charge in [0.25, 0.3) is 0 Å². The molecule has 6 nitrogen and oxygen atoms in total. The van der Waals surface area contributed by atoms with Crippen molar-refractivity contribution in [1.29, 1.82) is 0 Å². The average Bonchev–Trinajstić information content (AvgIpc) is 3.32. The summed E-state index contributed by atoms with van der Waals surface area (Å²) in [5.41, 5.74) is 1.61. The summed E-state index contributed by atoms with van der Waals surface area (Å²) in [6, 6.07) is 40.5. The second-order valence-electron chi connectivity index (χ2n) is 15.4. The van der Waals surface area contributed by atoms with Gasteiger partial charge >= 0.3 is 18.5 Å². The molecule has 0 aliphatic carbocycles. The molecular formula is C52H31F9N6. The van der Waals surface area contributed by atoms with Crippen LogP contribution in [0.25, 0.3) is 67.1 Å². The highest BCUT2D eigenvalue weighted by Crippen LogP contribution is 2.41. The molecule has 0 bridgehead atoms. The topological polar surface area (TPSA) is 76.3 Å². The third kappa shape index (κ3) is 9.39. The molecule has 0 N–H and O–H groups in total. The third-order valence-electron chi connectivity index (χ3n) is 10.8. The van der Waals surface area contributed by atoms with Crippen LogP contribution in [0.1, 0.15) is 27.8 Å². The van der Waals surface area contributed by atoms with Crippen molar-refractivity contribution < 1.29 is 39.5 Å². The molecule has 9 aromatic rings. The number of alkyl halides is 9. The number of nitrogens with zero attached hydrogens (tertiary/aromatic N) is 6. The van der Waals surface area contributed by atoms with E-state index < -0.39 is 35.2 Å². The SMILES string of the molecule is C=Nc1ccc(C(F)(F)F)cc1N=C(Cc1cc(-c2nc3ccc(C(F)(F)F)cc3nc2-c2ccccc2)cc(-c2nc3ccc(C(F)(F)F)cc3nc2-c2ccccc2)c1)c1ccccc1. The van der Waals surface area contributed by atoms with Gasteiger partial charge < -0.3 is 0 Å². The van der Waals surface area contributed by atoms with Gasteiger partial charge in [0.2, 0.25) is 0 Å². The van der Waals surface area contributed by atoms with E-state index in [0.29, 0.717) is 39.1 Å². The van der Waals surface area contributed by atoms with E-state index in [1.165, 1.54) is 18.2 Å². The first-order chi connectivity index (χ1) is 32.0. The van der Waals surface area contributed by atoms with E-state index in [9.17, 15) is 39.5 Å². The molecule has 332 valence electrons. The van der Waals surface area contributed by atoms with Crippen LogP contribution in [0.5, 0.6) is 0 Å². The highest BCUT2D eigenvalue weighted by Gasteiger charge is 2.33. The van der Waals surface area contributed by atoms with E-state index in [2.05, 4.69) is 11.7 Å². The van der Waals surface area contributed by atoms with Crippen molar-refractivity contribution in [2.24, 2.45) is 9.98 Å². The number of rotatable bonds is 9. The van der Waals surface area contributed by atoms with Gasteiger partial charge in [-0.3, -0.25) is 9.98 Å². The number of fused-ring (bicyclic) bond motifs is 2. The second-order valence-corrected chi connectivity index (χ2v) is 15.4. The molecule has 0 saturated heterocycles. The van der Waals surface area contributed by atoms with Crippen LogP contribution in [-0.2, 0) is 24.9 Å². The summed E-state index contributed by atoms with van der Waals surface area (Å²) in [4.78, 5) is 28.1. The van der Waals surface area contributed by atoms with Crippen LogP contribution < -0.4 is 0 Å². The van der Waals surface area contributed by atoms with Gasteiger partial charge in [-0.2, -0.15) is 39.5 Å². The highest BCUT2D eigenvalue weighted by atomic mass is 19.4. The number of aliphatic imine (C=N–C) groups is 2. The summed E-state index contributed by atoms with van der Waals surface area (Å²) in [5.74, 6) is 0. The number of aromatic nitrogens is 4. The van der Waals surface area contributed by atoms with Gasteiger partial charge in [-0.25, -0.2) is 19.9 Å². The number of benzene rings is 7. The van der Waals surface area contributed by atoms with Gasteiger partial charge in [-0.15, -0.1) is 0 Å². The lowest BCUT2D eigenvalue weighted by atomic mass is 9.93. The van der Waals surface area contributed by atoms with E-state index in [4.69, 9.17) is 24.9 Å². The van der Waals surface area contributed by atoms with Crippen LogP contribution in [-0.4, -0.2) is 32.4 Å². The molecule has 67 heavy (non-hydrogen) atoms. The molecule has 0 saturated carbocycles. The Morgan fingerprint density at radius 2 is 0.806 bits per heavy atom. The van der Waals surface area contributed by atoms with Crippen molar-refractivity contribution in [1.82, 2.24) is 19.9 Å². The van der Waals surface area contributed by atoms with E-state index in [1.54, 1.807) is 109 Å². The average molecular weight is 911 g/mol. The van der Waals surface area contributed by atoms with Crippen LogP contribution in [0.15, 0.2) is 174 Å². The minimum atomic E-state index is -4.70. The molecular weight excluding hydrogens is 880 g/mol. The predicted octanol–water partition coefficient (Wildman–Crippen LogP) is 15.0. The van der Waals surface area contributed by atoms with Gasteiger partial charge in [-0.05, 0) is 90.6 Å². The van der Waals surface area contributed by atoms with Crippen molar-refractivity contribution in [3.63, 3.8) is 0 Å². The zero-order valence-corrected chi connectivity index (χ0v) is 34.6. The van der Waals surface area contributed by atoms with E-state index in [1.807, 2.05) is 0 Å². The normalized spacial score (nSPS) is 12.5. The maximum Gasteiger partial charge on any atom is 0.416 e. The molecule has 15 heteroatoms. The first kappa shape index (κ1) is 44.1. The number of hydrogen-bond donors (Lipinski definition) is 0. The van der Waals surface area contributed by atoms with Crippen molar-refractivity contribution in [2.75, 3.05) is 0 Å². The summed E-state index contributed by atoms with van der Waals surface area (Å²) < 4.78 is 126. The molecule has 0 fully saturated rings. The lowest BCUT2D eigenvalue weighted by molar-refractivity contribution is -0.138. The molecule has 0 aliphatic rings. The van der Waals surface area contributed by atoms with Gasteiger partial charge in [0.15, 0.2) is 0 Å². The third-order valence-corrected chi connectivity index (χ3v) is 10.8. The van der Waals surface area contributed by atoms with Crippen LogP contribution in [0.4, 0.5) is 50.9 Å².